The molecule has 0 bridgehead atoms. The topological polar surface area (TPSA) is 55.1 Å². The van der Waals surface area contributed by atoms with Crippen LogP contribution in [-0.2, 0) is 16.6 Å². The molecule has 0 atom stereocenters. The van der Waals surface area contributed by atoms with E-state index in [2.05, 4.69) is 29.6 Å². The van der Waals surface area contributed by atoms with Crippen molar-refractivity contribution < 1.29 is 4.79 Å². The van der Waals surface area contributed by atoms with E-state index in [1.165, 1.54) is 12.0 Å². The number of rotatable bonds is 6. The molecule has 3 N–H and O–H groups in total. The van der Waals surface area contributed by atoms with E-state index in [9.17, 15) is 4.79 Å². The number of hydrogen-bond acceptors (Lipinski definition) is 2. The highest BCUT2D eigenvalue weighted by Gasteiger charge is 2.38. The Balaban J connectivity index is 1.53. The Hall–Kier alpha value is -2.29. The van der Waals surface area contributed by atoms with Crippen LogP contribution in [0.3, 0.4) is 0 Å². The first kappa shape index (κ1) is 15.6. The van der Waals surface area contributed by atoms with Gasteiger partial charge >= 0.3 is 0 Å². The number of nitrogens with two attached hydrogens (primary N) is 1. The summed E-state index contributed by atoms with van der Waals surface area (Å²) in [5.41, 5.74) is 9.22. The van der Waals surface area contributed by atoms with Crippen molar-refractivity contribution in [1.82, 2.24) is 5.32 Å². The van der Waals surface area contributed by atoms with Crippen molar-refractivity contribution in [3.05, 3.63) is 65.7 Å². The van der Waals surface area contributed by atoms with Crippen LogP contribution >= 0.6 is 0 Å². The Morgan fingerprint density at radius 1 is 1.04 bits per heavy atom. The number of anilines is 1. The highest BCUT2D eigenvalue weighted by molar-refractivity contribution is 5.76. The fraction of sp³-hybridized carbons (Fsp3) is 0.350. The largest absolute Gasteiger partial charge is 0.399 e. The van der Waals surface area contributed by atoms with E-state index in [1.807, 2.05) is 30.3 Å². The number of carbonyl (C=O) groups excluding carboxylic acids is 1. The van der Waals surface area contributed by atoms with Gasteiger partial charge in [-0.3, -0.25) is 4.79 Å². The van der Waals surface area contributed by atoms with Gasteiger partial charge in [0.15, 0.2) is 0 Å². The summed E-state index contributed by atoms with van der Waals surface area (Å²) >= 11 is 0. The quantitative estimate of drug-likeness (QED) is 0.803. The molecule has 23 heavy (non-hydrogen) atoms. The second kappa shape index (κ2) is 6.86. The first-order chi connectivity index (χ1) is 11.2. The molecule has 0 aliphatic heterocycles. The molecule has 3 rings (SSSR count). The highest BCUT2D eigenvalue weighted by atomic mass is 16.1. The maximum atomic E-state index is 12.2. The molecule has 0 radical (unpaired) electrons. The number of amides is 1. The summed E-state index contributed by atoms with van der Waals surface area (Å²) in [5.74, 6) is 0.107. The first-order valence-corrected chi connectivity index (χ1v) is 8.35. The molecule has 0 unspecified atom stereocenters. The molecule has 1 amide bonds. The molecule has 2 aromatic carbocycles. The van der Waals surface area contributed by atoms with E-state index in [1.54, 1.807) is 0 Å². The van der Waals surface area contributed by atoms with Gasteiger partial charge in [0.25, 0.3) is 0 Å². The van der Waals surface area contributed by atoms with E-state index in [4.69, 9.17) is 5.73 Å². The zero-order valence-electron chi connectivity index (χ0n) is 13.4. The molecule has 120 valence electrons. The summed E-state index contributed by atoms with van der Waals surface area (Å²) in [5, 5.41) is 3.13. The van der Waals surface area contributed by atoms with Gasteiger partial charge in [-0.25, -0.2) is 0 Å². The molecule has 1 fully saturated rings. The van der Waals surface area contributed by atoms with Gasteiger partial charge in [0, 0.05) is 24.1 Å². The van der Waals surface area contributed by atoms with Crippen LogP contribution in [0.25, 0.3) is 0 Å². The van der Waals surface area contributed by atoms with Crippen LogP contribution < -0.4 is 11.1 Å². The second-order valence-corrected chi connectivity index (χ2v) is 6.48. The Morgan fingerprint density at radius 3 is 2.39 bits per heavy atom. The first-order valence-electron chi connectivity index (χ1n) is 8.35. The van der Waals surface area contributed by atoms with Gasteiger partial charge in [-0.1, -0.05) is 55.0 Å². The third kappa shape index (κ3) is 3.55. The van der Waals surface area contributed by atoms with Gasteiger partial charge in [0.2, 0.25) is 5.91 Å². The minimum atomic E-state index is 0.107. The van der Waals surface area contributed by atoms with Crippen molar-refractivity contribution >= 4 is 11.6 Å². The van der Waals surface area contributed by atoms with Crippen molar-refractivity contribution in [2.45, 2.75) is 37.5 Å². The minimum Gasteiger partial charge on any atom is -0.399 e. The van der Waals surface area contributed by atoms with Crippen molar-refractivity contribution in [2.24, 2.45) is 0 Å². The minimum absolute atomic E-state index is 0.107. The summed E-state index contributed by atoms with van der Waals surface area (Å²) in [6, 6.07) is 18.3. The Bertz CT molecular complexity index is 662. The third-order valence-electron chi connectivity index (χ3n) is 5.00. The van der Waals surface area contributed by atoms with Crippen LogP contribution in [0.15, 0.2) is 54.6 Å². The Morgan fingerprint density at radius 2 is 1.74 bits per heavy atom. The number of para-hydroxylation sites is 1. The SMILES string of the molecule is Nc1ccccc1CCC(=O)NCC1(c2ccccc2)CCC1. The lowest BCUT2D eigenvalue weighted by atomic mass is 9.64. The molecule has 1 aliphatic carbocycles. The van der Waals surface area contributed by atoms with E-state index < -0.39 is 0 Å². The summed E-state index contributed by atoms with van der Waals surface area (Å²) < 4.78 is 0. The van der Waals surface area contributed by atoms with Crippen LogP contribution in [0.4, 0.5) is 5.69 Å². The van der Waals surface area contributed by atoms with Gasteiger partial charge in [0.05, 0.1) is 0 Å². The van der Waals surface area contributed by atoms with Crippen molar-refractivity contribution in [1.29, 1.82) is 0 Å². The van der Waals surface area contributed by atoms with Crippen molar-refractivity contribution in [2.75, 3.05) is 12.3 Å². The third-order valence-corrected chi connectivity index (χ3v) is 5.00. The number of nitrogens with one attached hydrogen (secondary N) is 1. The standard InChI is InChI=1S/C20H24N2O/c21-18-10-5-4-7-16(18)11-12-19(23)22-15-20(13-6-14-20)17-8-2-1-3-9-17/h1-5,7-10H,6,11-15,21H2,(H,22,23). The number of aryl methyl sites for hydroxylation is 1. The van der Waals surface area contributed by atoms with Gasteiger partial charge < -0.3 is 11.1 Å². The number of benzene rings is 2. The fourth-order valence-corrected chi connectivity index (χ4v) is 3.33. The molecule has 2 aromatic rings. The van der Waals surface area contributed by atoms with Gasteiger partial charge in [-0.2, -0.15) is 0 Å². The normalized spacial score (nSPS) is 15.7. The fourth-order valence-electron chi connectivity index (χ4n) is 3.33. The van der Waals surface area contributed by atoms with Crippen molar-refractivity contribution in [3.63, 3.8) is 0 Å². The monoisotopic (exact) mass is 308 g/mol. The molecule has 0 heterocycles. The molecule has 0 saturated heterocycles. The average Bonchev–Trinajstić information content (AvgIpc) is 2.54. The molecule has 1 aliphatic rings. The molecular formula is C20H24N2O. The molecular weight excluding hydrogens is 284 g/mol. The average molecular weight is 308 g/mol. The predicted octanol–water partition coefficient (Wildman–Crippen LogP) is 3.44. The molecule has 0 aromatic heterocycles. The lowest BCUT2D eigenvalue weighted by Gasteiger charge is -2.42. The predicted molar refractivity (Wildman–Crippen MR) is 94.2 cm³/mol. The van der Waals surface area contributed by atoms with Crippen LogP contribution in [0.5, 0.6) is 0 Å². The molecule has 1 saturated carbocycles. The number of nitrogen functional groups attached to an aromatic ring is 1. The summed E-state index contributed by atoms with van der Waals surface area (Å²) in [6.45, 7) is 0.736. The second-order valence-electron chi connectivity index (χ2n) is 6.48. The van der Waals surface area contributed by atoms with E-state index in [-0.39, 0.29) is 11.3 Å². The molecule has 3 nitrogen and oxygen atoms in total. The van der Waals surface area contributed by atoms with E-state index in [0.29, 0.717) is 12.8 Å². The lowest BCUT2D eigenvalue weighted by Crippen LogP contribution is -2.45. The van der Waals surface area contributed by atoms with Crippen LogP contribution in [0.1, 0.15) is 36.8 Å². The van der Waals surface area contributed by atoms with Gasteiger partial charge in [0.1, 0.15) is 0 Å². The summed E-state index contributed by atoms with van der Waals surface area (Å²) in [4.78, 5) is 12.2. The van der Waals surface area contributed by atoms with E-state index >= 15 is 0 Å². The summed E-state index contributed by atoms with van der Waals surface area (Å²) in [6.07, 6.45) is 4.73. The zero-order chi connectivity index (χ0) is 16.1. The lowest BCUT2D eigenvalue weighted by molar-refractivity contribution is -0.121. The van der Waals surface area contributed by atoms with Crippen molar-refractivity contribution in [3.8, 4) is 0 Å². The number of hydrogen-bond donors (Lipinski definition) is 2. The van der Waals surface area contributed by atoms with Crippen LogP contribution in [0.2, 0.25) is 0 Å². The van der Waals surface area contributed by atoms with Crippen LogP contribution in [-0.4, -0.2) is 12.5 Å². The Kier molecular flexibility index (Phi) is 4.65. The highest BCUT2D eigenvalue weighted by Crippen LogP contribution is 2.43. The van der Waals surface area contributed by atoms with Crippen LogP contribution in [0, 0.1) is 0 Å². The molecule has 3 heteroatoms. The Labute approximate surface area is 137 Å². The van der Waals surface area contributed by atoms with Gasteiger partial charge in [-0.15, -0.1) is 0 Å². The maximum absolute atomic E-state index is 12.2. The number of carbonyl (C=O) groups is 1. The summed E-state index contributed by atoms with van der Waals surface area (Å²) in [7, 11) is 0. The smallest absolute Gasteiger partial charge is 0.220 e. The van der Waals surface area contributed by atoms with Gasteiger partial charge in [-0.05, 0) is 36.5 Å². The maximum Gasteiger partial charge on any atom is 0.220 e. The van der Waals surface area contributed by atoms with E-state index in [0.717, 1.165) is 30.6 Å². The molecule has 0 spiro atoms. The zero-order valence-corrected chi connectivity index (χ0v) is 13.4.